The number of aryl methyl sites for hydroxylation is 1. The van der Waals surface area contributed by atoms with Gasteiger partial charge in [-0.1, -0.05) is 5.16 Å². The zero-order chi connectivity index (χ0) is 28.3. The number of fused-ring (bicyclic) bond motifs is 5. The first kappa shape index (κ1) is 25.6. The van der Waals surface area contributed by atoms with E-state index in [-0.39, 0.29) is 23.8 Å². The van der Waals surface area contributed by atoms with Crippen LogP contribution in [0.25, 0.3) is 0 Å². The number of rotatable bonds is 3. The van der Waals surface area contributed by atoms with Crippen molar-refractivity contribution in [2.75, 3.05) is 6.54 Å². The maximum atomic E-state index is 14.3. The molecule has 0 aliphatic carbocycles. The molecular weight excluding hydrogens is 528 g/mol. The fourth-order valence-corrected chi connectivity index (χ4v) is 5.73. The summed E-state index contributed by atoms with van der Waals surface area (Å²) in [6.45, 7) is 3.06. The van der Waals surface area contributed by atoms with Crippen LogP contribution in [0.1, 0.15) is 64.2 Å². The Morgan fingerprint density at radius 1 is 1.23 bits per heavy atom. The van der Waals surface area contributed by atoms with Crippen molar-refractivity contribution in [1.29, 1.82) is 0 Å². The number of nitrogens with zero attached hydrogens (tertiary/aromatic N) is 6. The molecule has 2 N–H and O–H groups in total. The number of carbonyl (C=O) groups is 2. The molecule has 3 aliphatic rings. The smallest absolute Gasteiger partial charge is 0.274 e. The molecule has 40 heavy (non-hydrogen) atoms. The van der Waals surface area contributed by atoms with Crippen LogP contribution in [0.2, 0.25) is 0 Å². The number of hydrogen-bond acceptors (Lipinski definition) is 8. The third-order valence-electron chi connectivity index (χ3n) is 7.97. The van der Waals surface area contributed by atoms with Gasteiger partial charge in [0.25, 0.3) is 11.8 Å². The Morgan fingerprint density at radius 2 is 1.93 bits per heavy atom. The Morgan fingerprint density at radius 3 is 2.62 bits per heavy atom. The minimum atomic E-state index is -1.07. The molecule has 1 aromatic carbocycles. The normalized spacial score (nSPS) is 23.4. The predicted octanol–water partition coefficient (Wildman–Crippen LogP) is 1.86. The van der Waals surface area contributed by atoms with Crippen molar-refractivity contribution in [3.63, 3.8) is 0 Å². The van der Waals surface area contributed by atoms with Crippen LogP contribution in [0.5, 0.6) is 5.75 Å². The maximum Gasteiger partial charge on any atom is 0.274 e. The van der Waals surface area contributed by atoms with Gasteiger partial charge in [-0.2, -0.15) is 0 Å². The molecule has 5 heterocycles. The first-order valence-electron chi connectivity index (χ1n) is 12.7. The van der Waals surface area contributed by atoms with E-state index in [2.05, 4.69) is 20.7 Å². The van der Waals surface area contributed by atoms with Gasteiger partial charge in [-0.25, -0.2) is 8.78 Å². The molecule has 3 aromatic rings. The molecule has 14 heteroatoms. The van der Waals surface area contributed by atoms with Crippen molar-refractivity contribution < 1.29 is 28.3 Å². The second kappa shape index (κ2) is 9.24. The van der Waals surface area contributed by atoms with Gasteiger partial charge in [0.15, 0.2) is 22.9 Å². The molecule has 1 spiro atoms. The van der Waals surface area contributed by atoms with Gasteiger partial charge < -0.3 is 24.7 Å². The second-order valence-electron chi connectivity index (χ2n) is 10.4. The summed E-state index contributed by atoms with van der Waals surface area (Å²) in [6, 6.07) is 1.41. The van der Waals surface area contributed by atoms with Crippen LogP contribution >= 0.6 is 0 Å². The quantitative estimate of drug-likeness (QED) is 0.504. The van der Waals surface area contributed by atoms with Crippen LogP contribution in [0.15, 0.2) is 40.9 Å². The van der Waals surface area contributed by atoms with Crippen molar-refractivity contribution in [2.45, 2.75) is 57.3 Å². The summed E-state index contributed by atoms with van der Waals surface area (Å²) < 4.78 is 31.6. The third kappa shape index (κ3) is 3.93. The molecule has 12 nitrogen and oxygen atoms in total. The molecule has 0 radical (unpaired) electrons. The number of aromatic hydroxyl groups is 1. The van der Waals surface area contributed by atoms with Gasteiger partial charge >= 0.3 is 0 Å². The first-order valence-corrected chi connectivity index (χ1v) is 12.7. The molecule has 2 amide bonds. The summed E-state index contributed by atoms with van der Waals surface area (Å²) in [5.41, 5.74) is -2.79. The van der Waals surface area contributed by atoms with Crippen molar-refractivity contribution in [3.05, 3.63) is 75.2 Å². The number of benzene rings is 1. The highest BCUT2D eigenvalue weighted by Gasteiger charge is 2.54. The van der Waals surface area contributed by atoms with E-state index in [1.807, 2.05) is 6.92 Å². The zero-order valence-corrected chi connectivity index (χ0v) is 21.6. The minimum absolute atomic E-state index is 0.182. The average Bonchev–Trinajstić information content (AvgIpc) is 3.57. The summed E-state index contributed by atoms with van der Waals surface area (Å²) in [7, 11) is 0. The van der Waals surface area contributed by atoms with Gasteiger partial charge in [0.05, 0.1) is 12.5 Å². The summed E-state index contributed by atoms with van der Waals surface area (Å²) in [5, 5.41) is 25.2. The molecule has 2 aromatic heterocycles. The van der Waals surface area contributed by atoms with Gasteiger partial charge in [0.2, 0.25) is 5.43 Å². The van der Waals surface area contributed by atoms with Crippen LogP contribution in [-0.4, -0.2) is 65.2 Å². The molecule has 1 saturated heterocycles. The summed E-state index contributed by atoms with van der Waals surface area (Å²) >= 11 is 0. The molecule has 0 saturated carbocycles. The SMILES string of the molecule is Cc1cc(F)c(CNC(=O)c2cn3c(c(O)c2=O)C(=O)N2C[C@@H]3[C@]3(CC[C@@H]2C)CC(n2cnnc2)=NO3)c(F)c1. The van der Waals surface area contributed by atoms with Gasteiger partial charge in [-0.15, -0.1) is 10.2 Å². The largest absolute Gasteiger partial charge is 0.503 e. The van der Waals surface area contributed by atoms with Crippen LogP contribution in [0.3, 0.4) is 0 Å². The minimum Gasteiger partial charge on any atom is -0.503 e. The highest BCUT2D eigenvalue weighted by Crippen LogP contribution is 2.46. The number of amides is 2. The van der Waals surface area contributed by atoms with E-state index in [9.17, 15) is 28.3 Å². The summed E-state index contributed by atoms with van der Waals surface area (Å²) in [6.07, 6.45) is 5.52. The summed E-state index contributed by atoms with van der Waals surface area (Å²) in [5.74, 6) is -3.55. The molecule has 3 aliphatic heterocycles. The molecule has 208 valence electrons. The Bertz CT molecular complexity index is 1610. The maximum absolute atomic E-state index is 14.3. The number of oxime groups is 1. The second-order valence-corrected chi connectivity index (χ2v) is 10.4. The lowest BCUT2D eigenvalue weighted by molar-refractivity contribution is -0.0655. The molecule has 1 fully saturated rings. The highest BCUT2D eigenvalue weighted by atomic mass is 19.1. The topological polar surface area (TPSA) is 144 Å². The van der Waals surface area contributed by atoms with Gasteiger partial charge in [0, 0.05) is 30.9 Å². The number of carbonyl (C=O) groups excluding carboxylic acids is 2. The number of hydrogen-bond donors (Lipinski definition) is 2. The fraction of sp³-hybridized carbons (Fsp3) is 0.385. The number of aromatic nitrogens is 4. The van der Waals surface area contributed by atoms with Crippen molar-refractivity contribution in [1.82, 2.24) is 29.5 Å². The summed E-state index contributed by atoms with van der Waals surface area (Å²) in [4.78, 5) is 47.3. The monoisotopic (exact) mass is 553 g/mol. The standard InChI is InChI=1S/C26H25F2N7O5/c1-13-5-17(27)15(18(28)6-13)8-29-24(38)16-9-35-19-10-34(25(39)21(35)23(37)22(16)36)14(2)3-4-26(19)7-20(32-40-26)33-11-30-31-12-33/h5-6,9,11-12,14,19,37H,3-4,7-8,10H2,1-2H3,(H,29,38)/t14-,19+,26-/m0/s1. The Balaban J connectivity index is 1.39. The Hall–Kier alpha value is -4.62. The van der Waals surface area contributed by atoms with E-state index >= 15 is 0 Å². The molecule has 3 atom stereocenters. The van der Waals surface area contributed by atoms with Crippen molar-refractivity contribution >= 4 is 17.6 Å². The number of halogens is 2. The first-order chi connectivity index (χ1) is 19.1. The van der Waals surface area contributed by atoms with E-state index in [0.717, 1.165) is 12.1 Å². The average molecular weight is 554 g/mol. The lowest BCUT2D eigenvalue weighted by Crippen LogP contribution is -2.52. The van der Waals surface area contributed by atoms with Crippen LogP contribution in [0.4, 0.5) is 8.78 Å². The molecular formula is C26H25F2N7O5. The van der Waals surface area contributed by atoms with E-state index < -0.39 is 58.4 Å². The fourth-order valence-electron chi connectivity index (χ4n) is 5.73. The number of nitrogens with one attached hydrogen (secondary N) is 1. The van der Waals surface area contributed by atoms with E-state index in [1.54, 1.807) is 9.47 Å². The Kier molecular flexibility index (Phi) is 5.93. The van der Waals surface area contributed by atoms with Crippen LogP contribution in [-0.2, 0) is 11.4 Å². The Labute approximate surface area is 225 Å². The van der Waals surface area contributed by atoms with Crippen molar-refractivity contribution in [2.24, 2.45) is 5.16 Å². The van der Waals surface area contributed by atoms with Gasteiger partial charge in [0.1, 0.15) is 29.9 Å². The van der Waals surface area contributed by atoms with Gasteiger partial charge in [-0.05, 0) is 44.4 Å². The van der Waals surface area contributed by atoms with E-state index in [0.29, 0.717) is 30.7 Å². The van der Waals surface area contributed by atoms with Crippen LogP contribution < -0.4 is 10.7 Å². The lowest BCUT2D eigenvalue weighted by atomic mass is 9.85. The molecule has 2 bridgehead atoms. The third-order valence-corrected chi connectivity index (χ3v) is 7.97. The lowest BCUT2D eigenvalue weighted by Gasteiger charge is -2.41. The molecule has 0 unspecified atom stereocenters. The van der Waals surface area contributed by atoms with Gasteiger partial charge in [-0.3, -0.25) is 19.0 Å². The molecule has 6 rings (SSSR count). The van der Waals surface area contributed by atoms with E-state index in [4.69, 9.17) is 4.84 Å². The highest BCUT2D eigenvalue weighted by molar-refractivity contribution is 5.99. The predicted molar refractivity (Wildman–Crippen MR) is 135 cm³/mol. The van der Waals surface area contributed by atoms with Crippen LogP contribution in [0, 0.1) is 18.6 Å². The van der Waals surface area contributed by atoms with Crippen molar-refractivity contribution in [3.8, 4) is 5.75 Å². The van der Waals surface area contributed by atoms with E-state index in [1.165, 1.54) is 30.3 Å². The zero-order valence-electron chi connectivity index (χ0n) is 21.6. The number of pyridine rings is 1.